The zero-order valence-electron chi connectivity index (χ0n) is 15.0. The van der Waals surface area contributed by atoms with Gasteiger partial charge in [-0.3, -0.25) is 4.79 Å². The van der Waals surface area contributed by atoms with Gasteiger partial charge in [-0.25, -0.2) is 0 Å². The summed E-state index contributed by atoms with van der Waals surface area (Å²) < 4.78 is 16.7. The van der Waals surface area contributed by atoms with Gasteiger partial charge in [0.2, 0.25) is 0 Å². The van der Waals surface area contributed by atoms with Crippen LogP contribution >= 0.6 is 0 Å². The number of aryl methyl sites for hydroxylation is 1. The van der Waals surface area contributed by atoms with Crippen molar-refractivity contribution in [3.63, 3.8) is 0 Å². The third kappa shape index (κ3) is 5.71. The summed E-state index contributed by atoms with van der Waals surface area (Å²) in [6.45, 7) is 7.32. The van der Waals surface area contributed by atoms with E-state index in [1.165, 1.54) is 0 Å². The second-order valence-corrected chi connectivity index (χ2v) is 5.48. The van der Waals surface area contributed by atoms with Gasteiger partial charge in [-0.15, -0.1) is 0 Å². The third-order valence-corrected chi connectivity index (χ3v) is 3.55. The summed E-state index contributed by atoms with van der Waals surface area (Å²) in [5.74, 6) is 1.95. The Morgan fingerprint density at radius 2 is 1.64 bits per heavy atom. The molecule has 1 N–H and O–H groups in total. The lowest BCUT2D eigenvalue weighted by atomic mass is 10.2. The second kappa shape index (κ2) is 9.57. The Bertz CT molecular complexity index is 700. The number of hydrogen-bond acceptors (Lipinski definition) is 4. The first kappa shape index (κ1) is 18.6. The van der Waals surface area contributed by atoms with Crippen molar-refractivity contribution in [3.05, 3.63) is 53.6 Å². The molecule has 0 aromatic heterocycles. The Morgan fingerprint density at radius 1 is 0.920 bits per heavy atom. The predicted molar refractivity (Wildman–Crippen MR) is 97.3 cm³/mol. The predicted octanol–water partition coefficient (Wildman–Crippen LogP) is 3.49. The fourth-order valence-corrected chi connectivity index (χ4v) is 2.32. The van der Waals surface area contributed by atoms with Gasteiger partial charge in [0.1, 0.15) is 5.75 Å². The third-order valence-electron chi connectivity index (χ3n) is 3.55. The lowest BCUT2D eigenvalue weighted by Gasteiger charge is -2.13. The molecular formula is C20H25NO4. The molecule has 134 valence electrons. The molecule has 5 nitrogen and oxygen atoms in total. The summed E-state index contributed by atoms with van der Waals surface area (Å²) in [7, 11) is 0. The molecule has 0 atom stereocenters. The lowest BCUT2D eigenvalue weighted by Crippen LogP contribution is -2.28. The molecule has 0 aliphatic carbocycles. The van der Waals surface area contributed by atoms with E-state index in [0.717, 1.165) is 16.9 Å². The van der Waals surface area contributed by atoms with E-state index in [4.69, 9.17) is 14.2 Å². The van der Waals surface area contributed by atoms with Crippen molar-refractivity contribution in [2.45, 2.75) is 27.3 Å². The van der Waals surface area contributed by atoms with Crippen LogP contribution in [0.15, 0.2) is 42.5 Å². The molecule has 0 spiro atoms. The molecule has 0 saturated heterocycles. The molecule has 5 heteroatoms. The lowest BCUT2D eigenvalue weighted by molar-refractivity contribution is -0.123. The van der Waals surface area contributed by atoms with Crippen LogP contribution in [0.25, 0.3) is 0 Å². The van der Waals surface area contributed by atoms with Gasteiger partial charge in [0.25, 0.3) is 5.91 Å². The number of nitrogens with one attached hydrogen (secondary N) is 1. The van der Waals surface area contributed by atoms with Crippen molar-refractivity contribution in [2.24, 2.45) is 0 Å². The summed E-state index contributed by atoms with van der Waals surface area (Å²) in [6.07, 6.45) is 0. The van der Waals surface area contributed by atoms with Crippen molar-refractivity contribution >= 4 is 5.91 Å². The number of benzene rings is 2. The van der Waals surface area contributed by atoms with Crippen molar-refractivity contribution in [1.29, 1.82) is 0 Å². The van der Waals surface area contributed by atoms with Crippen molar-refractivity contribution in [2.75, 3.05) is 19.8 Å². The SMILES string of the molecule is CCOc1ccc(CNC(=O)COc2ccccc2C)cc1OCC. The van der Waals surface area contributed by atoms with Crippen LogP contribution in [0, 0.1) is 6.92 Å². The van der Waals surface area contributed by atoms with Crippen LogP contribution in [0.5, 0.6) is 17.2 Å². The van der Waals surface area contributed by atoms with Crippen molar-refractivity contribution in [3.8, 4) is 17.2 Å². The Kier molecular flexibility index (Phi) is 7.14. The van der Waals surface area contributed by atoms with E-state index in [0.29, 0.717) is 31.3 Å². The second-order valence-electron chi connectivity index (χ2n) is 5.48. The Labute approximate surface area is 148 Å². The van der Waals surface area contributed by atoms with E-state index in [1.807, 2.05) is 63.2 Å². The minimum absolute atomic E-state index is 0.0137. The number of para-hydroxylation sites is 1. The number of carbonyl (C=O) groups is 1. The number of ether oxygens (including phenoxy) is 3. The van der Waals surface area contributed by atoms with Gasteiger partial charge in [0.05, 0.1) is 13.2 Å². The highest BCUT2D eigenvalue weighted by Gasteiger charge is 2.08. The van der Waals surface area contributed by atoms with Crippen LogP contribution < -0.4 is 19.5 Å². The molecule has 0 aliphatic heterocycles. The fraction of sp³-hybridized carbons (Fsp3) is 0.350. The van der Waals surface area contributed by atoms with Gasteiger partial charge >= 0.3 is 0 Å². The highest BCUT2D eigenvalue weighted by atomic mass is 16.5. The normalized spacial score (nSPS) is 10.2. The summed E-state index contributed by atoms with van der Waals surface area (Å²) in [5.41, 5.74) is 1.94. The molecule has 0 saturated carbocycles. The van der Waals surface area contributed by atoms with E-state index in [-0.39, 0.29) is 12.5 Å². The molecule has 0 unspecified atom stereocenters. The van der Waals surface area contributed by atoms with Crippen LogP contribution in [0.2, 0.25) is 0 Å². The van der Waals surface area contributed by atoms with Crippen molar-refractivity contribution in [1.82, 2.24) is 5.32 Å². The van der Waals surface area contributed by atoms with Gasteiger partial charge < -0.3 is 19.5 Å². The zero-order chi connectivity index (χ0) is 18.1. The molecule has 0 bridgehead atoms. The zero-order valence-corrected chi connectivity index (χ0v) is 15.0. The maximum atomic E-state index is 12.0. The first-order valence-electron chi connectivity index (χ1n) is 8.47. The molecule has 2 aromatic rings. The molecule has 0 aliphatic rings. The van der Waals surface area contributed by atoms with E-state index in [2.05, 4.69) is 5.32 Å². The van der Waals surface area contributed by atoms with E-state index in [9.17, 15) is 4.79 Å². The molecule has 2 aromatic carbocycles. The Balaban J connectivity index is 1.88. The van der Waals surface area contributed by atoms with Gasteiger partial charge in [0, 0.05) is 6.54 Å². The average molecular weight is 343 g/mol. The molecule has 0 radical (unpaired) electrons. The average Bonchev–Trinajstić information content (AvgIpc) is 2.61. The highest BCUT2D eigenvalue weighted by molar-refractivity contribution is 5.77. The molecular weight excluding hydrogens is 318 g/mol. The largest absolute Gasteiger partial charge is 0.490 e. The molecule has 25 heavy (non-hydrogen) atoms. The maximum Gasteiger partial charge on any atom is 0.258 e. The maximum absolute atomic E-state index is 12.0. The number of amides is 1. The Hall–Kier alpha value is -2.69. The summed E-state index contributed by atoms with van der Waals surface area (Å²) in [4.78, 5) is 12.0. The monoisotopic (exact) mass is 343 g/mol. The Morgan fingerprint density at radius 3 is 2.36 bits per heavy atom. The van der Waals surface area contributed by atoms with Crippen LogP contribution in [0.4, 0.5) is 0 Å². The van der Waals surface area contributed by atoms with E-state index in [1.54, 1.807) is 0 Å². The van der Waals surface area contributed by atoms with E-state index >= 15 is 0 Å². The first-order valence-corrected chi connectivity index (χ1v) is 8.47. The van der Waals surface area contributed by atoms with Crippen LogP contribution in [0.1, 0.15) is 25.0 Å². The van der Waals surface area contributed by atoms with Gasteiger partial charge in [-0.2, -0.15) is 0 Å². The quantitative estimate of drug-likeness (QED) is 0.757. The fourth-order valence-electron chi connectivity index (χ4n) is 2.32. The minimum atomic E-state index is -0.171. The first-order chi connectivity index (χ1) is 12.1. The van der Waals surface area contributed by atoms with E-state index < -0.39 is 0 Å². The van der Waals surface area contributed by atoms with Crippen LogP contribution in [0.3, 0.4) is 0 Å². The highest BCUT2D eigenvalue weighted by Crippen LogP contribution is 2.28. The van der Waals surface area contributed by atoms with Gasteiger partial charge in [-0.05, 0) is 50.1 Å². The molecule has 0 fully saturated rings. The number of hydrogen-bond donors (Lipinski definition) is 1. The number of carbonyl (C=O) groups excluding carboxylic acids is 1. The van der Waals surface area contributed by atoms with Crippen molar-refractivity contribution < 1.29 is 19.0 Å². The summed E-state index contributed by atoms with van der Waals surface area (Å²) in [6, 6.07) is 13.3. The number of rotatable bonds is 9. The molecule has 2 rings (SSSR count). The topological polar surface area (TPSA) is 56.8 Å². The van der Waals surface area contributed by atoms with Crippen LogP contribution in [-0.4, -0.2) is 25.7 Å². The molecule has 1 amide bonds. The standard InChI is InChI=1S/C20H25NO4/c1-4-23-18-11-10-16(12-19(18)24-5-2)13-21-20(22)14-25-17-9-7-6-8-15(17)3/h6-12H,4-5,13-14H2,1-3H3,(H,21,22). The molecule has 0 heterocycles. The summed E-state index contributed by atoms with van der Waals surface area (Å²) in [5, 5.41) is 2.85. The van der Waals surface area contributed by atoms with Gasteiger partial charge in [0.15, 0.2) is 18.1 Å². The summed E-state index contributed by atoms with van der Waals surface area (Å²) >= 11 is 0. The minimum Gasteiger partial charge on any atom is -0.490 e. The smallest absolute Gasteiger partial charge is 0.258 e. The van der Waals surface area contributed by atoms with Crippen LogP contribution in [-0.2, 0) is 11.3 Å². The van der Waals surface area contributed by atoms with Gasteiger partial charge in [-0.1, -0.05) is 24.3 Å².